The van der Waals surface area contributed by atoms with Crippen molar-refractivity contribution >= 4 is 17.5 Å². The van der Waals surface area contributed by atoms with Crippen LogP contribution >= 0.6 is 11.6 Å². The Balaban J connectivity index is 1.42. The molecule has 3 aliphatic rings. The van der Waals surface area contributed by atoms with Gasteiger partial charge in [-0.1, -0.05) is 11.6 Å². The number of hydrogen-bond donors (Lipinski definition) is 1. The quantitative estimate of drug-likeness (QED) is 0.898. The molecule has 2 bridgehead atoms. The van der Waals surface area contributed by atoms with Crippen molar-refractivity contribution in [3.05, 3.63) is 22.8 Å². The summed E-state index contributed by atoms with van der Waals surface area (Å²) in [5.74, 6) is 0.987. The average molecular weight is 336 g/mol. The van der Waals surface area contributed by atoms with Gasteiger partial charge in [0.25, 0.3) is 5.91 Å². The van der Waals surface area contributed by atoms with Gasteiger partial charge < -0.3 is 15.0 Å². The maximum absolute atomic E-state index is 12.6. The molecule has 4 rings (SSSR count). The van der Waals surface area contributed by atoms with Gasteiger partial charge in [0, 0.05) is 19.3 Å². The van der Waals surface area contributed by atoms with E-state index in [4.69, 9.17) is 16.3 Å². The number of carbonyl (C=O) groups excluding carboxylic acids is 1. The highest BCUT2D eigenvalue weighted by atomic mass is 35.5. The van der Waals surface area contributed by atoms with Crippen LogP contribution in [-0.2, 0) is 0 Å². The summed E-state index contributed by atoms with van der Waals surface area (Å²) in [4.78, 5) is 19.2. The molecule has 1 amide bonds. The number of fused-ring (bicyclic) bond motifs is 2. The predicted octanol–water partition coefficient (Wildman–Crippen LogP) is 2.49. The van der Waals surface area contributed by atoms with Gasteiger partial charge in [-0.2, -0.15) is 0 Å². The van der Waals surface area contributed by atoms with E-state index in [0.29, 0.717) is 29.0 Å². The Morgan fingerprint density at radius 2 is 2.30 bits per heavy atom. The van der Waals surface area contributed by atoms with E-state index in [9.17, 15) is 4.79 Å². The van der Waals surface area contributed by atoms with Gasteiger partial charge in [-0.15, -0.1) is 0 Å². The number of ether oxygens (including phenoxy) is 1. The second-order valence-electron chi connectivity index (χ2n) is 7.13. The van der Waals surface area contributed by atoms with Gasteiger partial charge in [-0.3, -0.25) is 4.79 Å². The van der Waals surface area contributed by atoms with Crippen molar-refractivity contribution in [3.8, 4) is 5.88 Å². The first-order valence-electron chi connectivity index (χ1n) is 8.47. The van der Waals surface area contributed by atoms with Crippen LogP contribution < -0.4 is 10.1 Å². The van der Waals surface area contributed by atoms with Crippen LogP contribution in [0.25, 0.3) is 0 Å². The summed E-state index contributed by atoms with van der Waals surface area (Å²) >= 11 is 6.22. The topological polar surface area (TPSA) is 54.5 Å². The third-order valence-corrected chi connectivity index (χ3v) is 5.43. The monoisotopic (exact) mass is 335 g/mol. The number of rotatable bonds is 5. The Bertz CT molecular complexity index is 616. The van der Waals surface area contributed by atoms with Gasteiger partial charge in [0.1, 0.15) is 5.02 Å². The van der Waals surface area contributed by atoms with Gasteiger partial charge in [-0.05, 0) is 50.6 Å². The van der Waals surface area contributed by atoms with Crippen molar-refractivity contribution in [2.75, 3.05) is 26.2 Å². The maximum atomic E-state index is 12.6. The normalized spacial score (nSPS) is 29.3. The zero-order chi connectivity index (χ0) is 15.9. The molecule has 0 radical (unpaired) electrons. The lowest BCUT2D eigenvalue weighted by Gasteiger charge is -2.34. The fourth-order valence-corrected chi connectivity index (χ4v) is 3.83. The molecule has 1 saturated carbocycles. The lowest BCUT2D eigenvalue weighted by atomic mass is 9.90. The van der Waals surface area contributed by atoms with E-state index in [1.54, 1.807) is 12.3 Å². The highest BCUT2D eigenvalue weighted by molar-refractivity contribution is 6.32. The molecule has 2 aliphatic heterocycles. The van der Waals surface area contributed by atoms with Crippen molar-refractivity contribution in [1.82, 2.24) is 15.2 Å². The molecule has 5 nitrogen and oxygen atoms in total. The summed E-state index contributed by atoms with van der Waals surface area (Å²) in [5, 5.41) is 3.64. The fourth-order valence-electron chi connectivity index (χ4n) is 3.61. The van der Waals surface area contributed by atoms with Crippen molar-refractivity contribution < 1.29 is 9.53 Å². The summed E-state index contributed by atoms with van der Waals surface area (Å²) in [6.45, 7) is 3.85. The number of piperidine rings is 1. The van der Waals surface area contributed by atoms with Crippen LogP contribution in [0.5, 0.6) is 5.88 Å². The van der Waals surface area contributed by atoms with E-state index in [0.717, 1.165) is 38.9 Å². The molecule has 0 spiro atoms. The predicted molar refractivity (Wildman–Crippen MR) is 88.0 cm³/mol. The Labute approximate surface area is 141 Å². The first-order valence-corrected chi connectivity index (χ1v) is 8.85. The number of carbonyl (C=O) groups is 1. The molecule has 3 heterocycles. The molecule has 6 heteroatoms. The number of amides is 1. The minimum absolute atomic E-state index is 0.0665. The summed E-state index contributed by atoms with van der Waals surface area (Å²) in [7, 11) is 0. The minimum atomic E-state index is -0.0862. The van der Waals surface area contributed by atoms with E-state index in [1.165, 1.54) is 12.8 Å². The first-order chi connectivity index (χ1) is 11.1. The minimum Gasteiger partial charge on any atom is -0.476 e. The molecule has 2 unspecified atom stereocenters. The Kier molecular flexibility index (Phi) is 3.93. The zero-order valence-corrected chi connectivity index (χ0v) is 13.9. The van der Waals surface area contributed by atoms with Crippen LogP contribution in [-0.4, -0.2) is 47.6 Å². The van der Waals surface area contributed by atoms with Crippen LogP contribution in [0.15, 0.2) is 12.3 Å². The molecule has 1 aliphatic carbocycles. The van der Waals surface area contributed by atoms with Crippen molar-refractivity contribution in [1.29, 1.82) is 0 Å². The summed E-state index contributed by atoms with van der Waals surface area (Å²) in [6.07, 6.45) is 7.23. The van der Waals surface area contributed by atoms with Crippen LogP contribution in [0.4, 0.5) is 0 Å². The summed E-state index contributed by atoms with van der Waals surface area (Å²) in [6, 6.07) is 1.66. The van der Waals surface area contributed by atoms with Gasteiger partial charge in [0.2, 0.25) is 5.88 Å². The van der Waals surface area contributed by atoms with E-state index >= 15 is 0 Å². The van der Waals surface area contributed by atoms with Gasteiger partial charge in [0.15, 0.2) is 0 Å². The molecule has 2 atom stereocenters. The highest BCUT2D eigenvalue weighted by Gasteiger charge is 2.41. The van der Waals surface area contributed by atoms with Gasteiger partial charge in [0.05, 0.1) is 17.7 Å². The van der Waals surface area contributed by atoms with Crippen LogP contribution in [0.1, 0.15) is 42.5 Å². The Morgan fingerprint density at radius 3 is 3.09 bits per heavy atom. The lowest BCUT2D eigenvalue weighted by molar-refractivity contribution is 0.0877. The second-order valence-corrected chi connectivity index (χ2v) is 7.54. The molecule has 2 saturated heterocycles. The molecule has 1 aromatic rings. The average Bonchev–Trinajstić information content (AvgIpc) is 3.32. The van der Waals surface area contributed by atoms with E-state index in [1.807, 2.05) is 0 Å². The van der Waals surface area contributed by atoms with E-state index < -0.39 is 0 Å². The molecule has 1 aromatic heterocycles. The van der Waals surface area contributed by atoms with E-state index in [2.05, 4.69) is 15.2 Å². The maximum Gasteiger partial charge on any atom is 0.253 e. The van der Waals surface area contributed by atoms with Crippen LogP contribution in [0.2, 0.25) is 5.02 Å². The fraction of sp³-hybridized carbons (Fsp3) is 0.647. The molecule has 1 N–H and O–H groups in total. The third kappa shape index (κ3) is 3.31. The molecule has 124 valence electrons. The third-order valence-electron chi connectivity index (χ3n) is 5.16. The number of halogens is 1. The number of nitrogens with one attached hydrogen (secondary N) is 1. The number of pyridine rings is 1. The SMILES string of the molecule is O=C(NC12CCCN(CC1)C2)c1cnc(OCC2CC2)c(Cl)c1. The van der Waals surface area contributed by atoms with Crippen molar-refractivity contribution in [2.45, 2.75) is 37.6 Å². The Morgan fingerprint density at radius 1 is 1.43 bits per heavy atom. The van der Waals surface area contributed by atoms with Crippen LogP contribution in [0.3, 0.4) is 0 Å². The lowest BCUT2D eigenvalue weighted by Crippen LogP contribution is -2.52. The zero-order valence-electron chi connectivity index (χ0n) is 13.2. The molecule has 23 heavy (non-hydrogen) atoms. The van der Waals surface area contributed by atoms with Crippen molar-refractivity contribution in [2.24, 2.45) is 5.92 Å². The molecular weight excluding hydrogens is 314 g/mol. The van der Waals surface area contributed by atoms with Crippen molar-refractivity contribution in [3.63, 3.8) is 0 Å². The smallest absolute Gasteiger partial charge is 0.253 e. The first kappa shape index (κ1) is 15.2. The van der Waals surface area contributed by atoms with Gasteiger partial charge >= 0.3 is 0 Å². The second kappa shape index (κ2) is 5.95. The summed E-state index contributed by atoms with van der Waals surface area (Å²) in [5.41, 5.74) is 0.440. The number of nitrogens with zero attached hydrogens (tertiary/aromatic N) is 2. The molecular formula is C17H22ClN3O2. The molecule has 0 aromatic carbocycles. The Hall–Kier alpha value is -1.33. The van der Waals surface area contributed by atoms with E-state index in [-0.39, 0.29) is 11.4 Å². The number of aromatic nitrogens is 1. The number of hydrogen-bond acceptors (Lipinski definition) is 4. The standard InChI is InChI=1S/C17H22ClN3O2/c18-14-8-13(9-19-16(14)23-10-12-2-3-12)15(22)20-17-4-1-6-21(11-17)7-5-17/h8-9,12H,1-7,10-11H2,(H,20,22). The van der Waals surface area contributed by atoms with Crippen LogP contribution in [0, 0.1) is 5.92 Å². The molecule has 3 fully saturated rings. The largest absolute Gasteiger partial charge is 0.476 e. The highest BCUT2D eigenvalue weighted by Crippen LogP contribution is 2.33. The van der Waals surface area contributed by atoms with Gasteiger partial charge in [-0.25, -0.2) is 4.98 Å². The summed E-state index contributed by atoms with van der Waals surface area (Å²) < 4.78 is 5.61.